The SMILES string of the molecule is NOCCn1ccc(C(F)(F)F)c1. The number of nitrogens with two attached hydrogens (primary N) is 1. The summed E-state index contributed by atoms with van der Waals surface area (Å²) >= 11 is 0. The molecular weight excluding hydrogens is 185 g/mol. The Balaban J connectivity index is 2.64. The van der Waals surface area contributed by atoms with Gasteiger partial charge in [0.25, 0.3) is 0 Å². The smallest absolute Gasteiger partial charge is 0.351 e. The minimum absolute atomic E-state index is 0.186. The van der Waals surface area contributed by atoms with Crippen LogP contribution in [0.15, 0.2) is 18.5 Å². The van der Waals surface area contributed by atoms with Gasteiger partial charge in [0.2, 0.25) is 0 Å². The molecule has 0 aliphatic rings. The van der Waals surface area contributed by atoms with Crippen molar-refractivity contribution >= 4 is 0 Å². The molecule has 1 aromatic heterocycles. The van der Waals surface area contributed by atoms with E-state index in [1.54, 1.807) is 0 Å². The standard InChI is InChI=1S/C7H9F3N2O/c8-7(9,10)6-1-2-12(5-6)3-4-13-11/h1-2,5H,3-4,11H2. The van der Waals surface area contributed by atoms with Crippen molar-refractivity contribution in [2.24, 2.45) is 5.90 Å². The molecule has 0 saturated heterocycles. The van der Waals surface area contributed by atoms with E-state index >= 15 is 0 Å². The molecule has 3 nitrogen and oxygen atoms in total. The van der Waals surface area contributed by atoms with Gasteiger partial charge in [-0.1, -0.05) is 0 Å². The number of hydrogen-bond acceptors (Lipinski definition) is 2. The molecule has 2 N–H and O–H groups in total. The van der Waals surface area contributed by atoms with Crippen LogP contribution in [0.4, 0.5) is 13.2 Å². The Hall–Kier alpha value is -1.01. The topological polar surface area (TPSA) is 40.2 Å². The van der Waals surface area contributed by atoms with Crippen LogP contribution in [0.1, 0.15) is 5.56 Å². The van der Waals surface area contributed by atoms with Gasteiger partial charge in [0.15, 0.2) is 0 Å². The van der Waals surface area contributed by atoms with Gasteiger partial charge in [0, 0.05) is 18.9 Å². The first-order valence-electron chi connectivity index (χ1n) is 3.58. The molecular formula is C7H9F3N2O. The molecule has 13 heavy (non-hydrogen) atoms. The third kappa shape index (κ3) is 2.74. The van der Waals surface area contributed by atoms with E-state index in [9.17, 15) is 13.2 Å². The average Bonchev–Trinajstić information content (AvgIpc) is 2.47. The van der Waals surface area contributed by atoms with Crippen LogP contribution in [0.3, 0.4) is 0 Å². The third-order valence-electron chi connectivity index (χ3n) is 1.55. The second-order valence-electron chi connectivity index (χ2n) is 2.51. The van der Waals surface area contributed by atoms with E-state index < -0.39 is 11.7 Å². The number of hydrogen-bond donors (Lipinski definition) is 1. The van der Waals surface area contributed by atoms with Crippen molar-refractivity contribution in [2.45, 2.75) is 12.7 Å². The molecule has 0 bridgehead atoms. The summed E-state index contributed by atoms with van der Waals surface area (Å²) in [6.07, 6.45) is -1.93. The molecule has 0 radical (unpaired) electrons. The zero-order valence-electron chi connectivity index (χ0n) is 6.71. The molecule has 1 rings (SSSR count). The number of rotatable bonds is 3. The summed E-state index contributed by atoms with van der Waals surface area (Å²) in [7, 11) is 0. The normalized spacial score (nSPS) is 12.0. The molecule has 0 atom stereocenters. The van der Waals surface area contributed by atoms with Crippen LogP contribution in [-0.2, 0) is 17.6 Å². The van der Waals surface area contributed by atoms with Crippen molar-refractivity contribution in [3.05, 3.63) is 24.0 Å². The quantitative estimate of drug-likeness (QED) is 0.739. The molecule has 74 valence electrons. The summed E-state index contributed by atoms with van der Waals surface area (Å²) in [6, 6.07) is 1.01. The van der Waals surface area contributed by atoms with Crippen LogP contribution in [0.2, 0.25) is 0 Å². The Morgan fingerprint density at radius 3 is 2.62 bits per heavy atom. The highest BCUT2D eigenvalue weighted by Gasteiger charge is 2.31. The highest BCUT2D eigenvalue weighted by atomic mass is 19.4. The van der Waals surface area contributed by atoms with Crippen molar-refractivity contribution in [1.82, 2.24) is 4.57 Å². The second kappa shape index (κ2) is 3.80. The van der Waals surface area contributed by atoms with Gasteiger partial charge < -0.3 is 9.40 Å². The zero-order valence-corrected chi connectivity index (χ0v) is 6.71. The predicted molar refractivity (Wildman–Crippen MR) is 39.6 cm³/mol. The Morgan fingerprint density at radius 2 is 2.15 bits per heavy atom. The third-order valence-corrected chi connectivity index (χ3v) is 1.55. The lowest BCUT2D eigenvalue weighted by atomic mass is 10.3. The van der Waals surface area contributed by atoms with Crippen molar-refractivity contribution in [3.8, 4) is 0 Å². The van der Waals surface area contributed by atoms with Crippen LogP contribution in [0, 0.1) is 0 Å². The van der Waals surface area contributed by atoms with Gasteiger partial charge in [0.1, 0.15) is 0 Å². The Bertz CT molecular complexity index is 269. The molecule has 0 aliphatic carbocycles. The minimum atomic E-state index is -4.28. The van der Waals surface area contributed by atoms with Crippen LogP contribution in [0.5, 0.6) is 0 Å². The van der Waals surface area contributed by atoms with Gasteiger partial charge in [-0.2, -0.15) is 13.2 Å². The lowest BCUT2D eigenvalue weighted by Crippen LogP contribution is -2.08. The summed E-state index contributed by atoms with van der Waals surface area (Å²) in [5.41, 5.74) is -0.662. The van der Waals surface area contributed by atoms with Crippen molar-refractivity contribution < 1.29 is 18.0 Å². The molecule has 0 saturated carbocycles. The van der Waals surface area contributed by atoms with Crippen molar-refractivity contribution in [1.29, 1.82) is 0 Å². The van der Waals surface area contributed by atoms with Gasteiger partial charge in [-0.3, -0.25) is 0 Å². The van der Waals surface area contributed by atoms with Crippen LogP contribution < -0.4 is 5.90 Å². The molecule has 0 aliphatic heterocycles. The lowest BCUT2D eigenvalue weighted by molar-refractivity contribution is -0.137. The Labute approximate surface area is 72.8 Å². The Kier molecular flexibility index (Phi) is 2.94. The molecule has 0 aromatic carbocycles. The van der Waals surface area contributed by atoms with Gasteiger partial charge in [-0.25, -0.2) is 5.90 Å². The highest BCUT2D eigenvalue weighted by molar-refractivity contribution is 5.13. The zero-order chi connectivity index (χ0) is 9.90. The molecule has 0 fully saturated rings. The van der Waals surface area contributed by atoms with E-state index in [0.717, 1.165) is 12.3 Å². The van der Waals surface area contributed by atoms with Crippen LogP contribution in [0.25, 0.3) is 0 Å². The number of alkyl halides is 3. The van der Waals surface area contributed by atoms with E-state index in [0.29, 0.717) is 6.54 Å². The minimum Gasteiger partial charge on any atom is -0.351 e. The van der Waals surface area contributed by atoms with Gasteiger partial charge >= 0.3 is 6.18 Å². The van der Waals surface area contributed by atoms with E-state index in [1.807, 2.05) is 0 Å². The fraction of sp³-hybridized carbons (Fsp3) is 0.429. The lowest BCUT2D eigenvalue weighted by Gasteiger charge is -2.02. The van der Waals surface area contributed by atoms with E-state index in [4.69, 9.17) is 5.90 Å². The maximum Gasteiger partial charge on any atom is 0.417 e. The summed E-state index contributed by atoms with van der Waals surface area (Å²) in [4.78, 5) is 4.24. The van der Waals surface area contributed by atoms with E-state index in [-0.39, 0.29) is 6.61 Å². The Morgan fingerprint density at radius 1 is 1.46 bits per heavy atom. The maximum absolute atomic E-state index is 12.1. The summed E-state index contributed by atoms with van der Waals surface area (Å²) in [6.45, 7) is 0.499. The monoisotopic (exact) mass is 194 g/mol. The van der Waals surface area contributed by atoms with Crippen molar-refractivity contribution in [3.63, 3.8) is 0 Å². The van der Waals surface area contributed by atoms with Crippen LogP contribution in [-0.4, -0.2) is 11.2 Å². The highest BCUT2D eigenvalue weighted by Crippen LogP contribution is 2.29. The summed E-state index contributed by atoms with van der Waals surface area (Å²) in [5.74, 6) is 4.73. The molecule has 1 aromatic rings. The fourth-order valence-electron chi connectivity index (χ4n) is 0.906. The first-order valence-corrected chi connectivity index (χ1v) is 3.58. The summed E-state index contributed by atoms with van der Waals surface area (Å²) < 4.78 is 37.5. The van der Waals surface area contributed by atoms with Gasteiger partial charge in [-0.05, 0) is 6.07 Å². The van der Waals surface area contributed by atoms with Gasteiger partial charge in [-0.15, -0.1) is 0 Å². The first kappa shape index (κ1) is 10.1. The molecule has 1 heterocycles. The molecule has 6 heteroatoms. The summed E-state index contributed by atoms with van der Waals surface area (Å²) in [5, 5.41) is 0. The molecule has 0 spiro atoms. The van der Waals surface area contributed by atoms with E-state index in [2.05, 4.69) is 4.84 Å². The predicted octanol–water partition coefficient (Wildman–Crippen LogP) is 1.40. The first-order chi connectivity index (χ1) is 6.04. The second-order valence-corrected chi connectivity index (χ2v) is 2.51. The largest absolute Gasteiger partial charge is 0.417 e. The maximum atomic E-state index is 12.1. The fourth-order valence-corrected chi connectivity index (χ4v) is 0.906. The van der Waals surface area contributed by atoms with Gasteiger partial charge in [0.05, 0.1) is 12.2 Å². The van der Waals surface area contributed by atoms with E-state index in [1.165, 1.54) is 10.8 Å². The number of halogens is 3. The number of aromatic nitrogens is 1. The van der Waals surface area contributed by atoms with Crippen molar-refractivity contribution in [2.75, 3.05) is 6.61 Å². The molecule has 0 amide bonds. The van der Waals surface area contributed by atoms with Crippen LogP contribution >= 0.6 is 0 Å². The average molecular weight is 194 g/mol. The molecule has 0 unspecified atom stereocenters. The number of nitrogens with zero attached hydrogens (tertiary/aromatic N) is 1.